The molecule has 2 bridgehead atoms. The number of rotatable bonds is 2. The predicted octanol–water partition coefficient (Wildman–Crippen LogP) is 1.00. The van der Waals surface area contributed by atoms with Crippen LogP contribution in [0.15, 0.2) is 12.3 Å². The third kappa shape index (κ3) is 1.99. The minimum atomic E-state index is -0.820. The average molecular weight is 278 g/mol. The van der Waals surface area contributed by atoms with Crippen LogP contribution < -0.4 is 15.4 Å². The minimum Gasteiger partial charge on any atom is -0.494 e. The van der Waals surface area contributed by atoms with Crippen molar-refractivity contribution in [1.29, 1.82) is 0 Å². The molecular formula is C13H18N4O3. The van der Waals surface area contributed by atoms with Gasteiger partial charge in [0.2, 0.25) is 0 Å². The van der Waals surface area contributed by atoms with Crippen molar-refractivity contribution in [1.82, 2.24) is 9.88 Å². The van der Waals surface area contributed by atoms with Crippen LogP contribution in [-0.2, 0) is 0 Å². The van der Waals surface area contributed by atoms with Crippen LogP contribution in [0.3, 0.4) is 0 Å². The second kappa shape index (κ2) is 4.73. The van der Waals surface area contributed by atoms with Crippen molar-refractivity contribution in [3.63, 3.8) is 0 Å². The first-order valence-electron chi connectivity index (χ1n) is 6.66. The van der Waals surface area contributed by atoms with Crippen molar-refractivity contribution in [3.05, 3.63) is 12.3 Å². The van der Waals surface area contributed by atoms with Gasteiger partial charge in [-0.15, -0.1) is 0 Å². The number of amides is 1. The van der Waals surface area contributed by atoms with Crippen molar-refractivity contribution in [2.24, 2.45) is 0 Å². The summed E-state index contributed by atoms with van der Waals surface area (Å²) in [7, 11) is 1.60. The van der Waals surface area contributed by atoms with Gasteiger partial charge in [0, 0.05) is 19.2 Å². The highest BCUT2D eigenvalue weighted by molar-refractivity contribution is 5.68. The van der Waals surface area contributed by atoms with Crippen LogP contribution in [0.2, 0.25) is 0 Å². The predicted molar refractivity (Wildman–Crippen MR) is 74.1 cm³/mol. The zero-order valence-corrected chi connectivity index (χ0v) is 11.3. The maximum absolute atomic E-state index is 11.3. The van der Waals surface area contributed by atoms with Crippen LogP contribution >= 0.6 is 0 Å². The molecule has 20 heavy (non-hydrogen) atoms. The zero-order valence-electron chi connectivity index (χ0n) is 11.3. The lowest BCUT2D eigenvalue weighted by Gasteiger charge is -2.40. The van der Waals surface area contributed by atoms with Gasteiger partial charge in [-0.25, -0.2) is 9.78 Å². The molecule has 2 saturated heterocycles. The van der Waals surface area contributed by atoms with E-state index in [2.05, 4.69) is 9.88 Å². The highest BCUT2D eigenvalue weighted by atomic mass is 16.5. The first-order valence-corrected chi connectivity index (χ1v) is 6.66. The summed E-state index contributed by atoms with van der Waals surface area (Å²) in [6.45, 7) is 1.34. The fourth-order valence-electron chi connectivity index (χ4n) is 3.26. The van der Waals surface area contributed by atoms with Crippen LogP contribution in [0, 0.1) is 0 Å². The molecule has 3 rings (SSSR count). The van der Waals surface area contributed by atoms with Gasteiger partial charge in [0.15, 0.2) is 0 Å². The molecule has 3 N–H and O–H groups in total. The molecule has 1 aromatic heterocycles. The molecule has 0 aliphatic carbocycles. The quantitative estimate of drug-likeness (QED) is 0.838. The van der Waals surface area contributed by atoms with Crippen molar-refractivity contribution in [3.8, 4) is 5.75 Å². The highest BCUT2D eigenvalue weighted by Gasteiger charge is 2.43. The van der Waals surface area contributed by atoms with Crippen LogP contribution in [-0.4, -0.2) is 53.4 Å². The van der Waals surface area contributed by atoms with Crippen molar-refractivity contribution >= 4 is 17.6 Å². The number of pyridine rings is 1. The van der Waals surface area contributed by atoms with Gasteiger partial charge in [-0.1, -0.05) is 0 Å². The topological polar surface area (TPSA) is 91.9 Å². The van der Waals surface area contributed by atoms with Crippen molar-refractivity contribution in [2.45, 2.75) is 24.9 Å². The lowest BCUT2D eigenvalue weighted by molar-refractivity contribution is 0.114. The molecule has 0 saturated carbocycles. The van der Waals surface area contributed by atoms with E-state index < -0.39 is 6.09 Å². The largest absolute Gasteiger partial charge is 0.494 e. The molecule has 2 fully saturated rings. The van der Waals surface area contributed by atoms with Crippen LogP contribution in [0.25, 0.3) is 0 Å². The molecule has 7 heteroatoms. The normalized spacial score (nSPS) is 24.9. The summed E-state index contributed by atoms with van der Waals surface area (Å²) in [5.74, 6) is 1.10. The van der Waals surface area contributed by atoms with Gasteiger partial charge >= 0.3 is 6.09 Å². The molecule has 2 atom stereocenters. The van der Waals surface area contributed by atoms with E-state index in [9.17, 15) is 9.90 Å². The third-order valence-electron chi connectivity index (χ3n) is 4.13. The average Bonchev–Trinajstić information content (AvgIpc) is 2.70. The van der Waals surface area contributed by atoms with Gasteiger partial charge in [0.25, 0.3) is 0 Å². The van der Waals surface area contributed by atoms with E-state index in [-0.39, 0.29) is 12.1 Å². The highest BCUT2D eigenvalue weighted by Crippen LogP contribution is 2.36. The van der Waals surface area contributed by atoms with Gasteiger partial charge in [-0.2, -0.15) is 0 Å². The summed E-state index contributed by atoms with van der Waals surface area (Å²) >= 11 is 0. The van der Waals surface area contributed by atoms with Crippen molar-refractivity contribution < 1.29 is 14.6 Å². The number of nitrogens with two attached hydrogens (primary N) is 1. The number of carboxylic acid groups (broad SMARTS) is 1. The third-order valence-corrected chi connectivity index (χ3v) is 4.13. The Balaban J connectivity index is 1.86. The molecule has 0 radical (unpaired) electrons. The number of hydrogen-bond acceptors (Lipinski definition) is 5. The Kier molecular flexibility index (Phi) is 3.04. The lowest BCUT2D eigenvalue weighted by Crippen LogP contribution is -2.55. The Morgan fingerprint density at radius 3 is 2.65 bits per heavy atom. The van der Waals surface area contributed by atoms with E-state index in [1.54, 1.807) is 24.3 Å². The Morgan fingerprint density at radius 1 is 1.45 bits per heavy atom. The summed E-state index contributed by atoms with van der Waals surface area (Å²) in [6.07, 6.45) is 2.71. The van der Waals surface area contributed by atoms with Gasteiger partial charge in [-0.3, -0.25) is 4.90 Å². The lowest BCUT2D eigenvalue weighted by atomic mass is 10.2. The van der Waals surface area contributed by atoms with Gasteiger partial charge < -0.3 is 20.5 Å². The van der Waals surface area contributed by atoms with E-state index in [0.29, 0.717) is 24.7 Å². The number of fused-ring (bicyclic) bond motifs is 2. The smallest absolute Gasteiger partial charge is 0.407 e. The van der Waals surface area contributed by atoms with Crippen LogP contribution in [0.1, 0.15) is 12.8 Å². The fraction of sp³-hybridized carbons (Fsp3) is 0.538. The fourth-order valence-corrected chi connectivity index (χ4v) is 3.26. The number of ether oxygens (including phenoxy) is 1. The second-order valence-corrected chi connectivity index (χ2v) is 5.26. The number of carbonyl (C=O) groups is 1. The molecule has 2 aliphatic heterocycles. The van der Waals surface area contributed by atoms with Crippen LogP contribution in [0.5, 0.6) is 5.75 Å². The molecule has 0 aromatic carbocycles. The molecule has 108 valence electrons. The summed E-state index contributed by atoms with van der Waals surface area (Å²) in [5.41, 5.74) is 6.54. The standard InChI is InChI=1S/C13H18N4O3/c1-20-11-4-12(14)15-5-10(11)16-6-8-2-3-9(7-16)17(8)13(18)19/h4-5,8-9H,2-3,6-7H2,1H3,(H2,14,15)(H,18,19). The number of hydrogen-bond donors (Lipinski definition) is 2. The van der Waals surface area contributed by atoms with Gasteiger partial charge in [0.05, 0.1) is 31.1 Å². The maximum Gasteiger partial charge on any atom is 0.407 e. The van der Waals surface area contributed by atoms with Gasteiger partial charge in [-0.05, 0) is 12.8 Å². The Bertz CT molecular complexity index is 522. The summed E-state index contributed by atoms with van der Waals surface area (Å²) < 4.78 is 5.35. The Morgan fingerprint density at radius 2 is 2.10 bits per heavy atom. The second-order valence-electron chi connectivity index (χ2n) is 5.26. The number of anilines is 2. The number of nitrogen functional groups attached to an aromatic ring is 1. The number of piperazine rings is 1. The molecule has 1 amide bonds. The van der Waals surface area contributed by atoms with Gasteiger partial charge in [0.1, 0.15) is 11.6 Å². The van der Waals surface area contributed by atoms with E-state index in [1.165, 1.54) is 0 Å². The van der Waals surface area contributed by atoms with E-state index >= 15 is 0 Å². The van der Waals surface area contributed by atoms with Crippen LogP contribution in [0.4, 0.5) is 16.3 Å². The molecular weight excluding hydrogens is 260 g/mol. The summed E-state index contributed by atoms with van der Waals surface area (Å²) in [4.78, 5) is 19.1. The number of aromatic nitrogens is 1. The van der Waals surface area contributed by atoms with E-state index in [1.807, 2.05) is 0 Å². The molecule has 2 unspecified atom stereocenters. The van der Waals surface area contributed by atoms with E-state index in [0.717, 1.165) is 18.5 Å². The molecule has 1 aromatic rings. The minimum absolute atomic E-state index is 0.0495. The molecule has 7 nitrogen and oxygen atoms in total. The molecule has 3 heterocycles. The van der Waals surface area contributed by atoms with Crippen molar-refractivity contribution in [2.75, 3.05) is 30.8 Å². The Labute approximate surface area is 116 Å². The Hall–Kier alpha value is -2.18. The summed E-state index contributed by atoms with van der Waals surface area (Å²) in [6, 6.07) is 1.79. The first-order chi connectivity index (χ1) is 9.60. The van der Waals surface area contributed by atoms with E-state index in [4.69, 9.17) is 10.5 Å². The number of methoxy groups -OCH3 is 1. The first kappa shape index (κ1) is 12.8. The zero-order chi connectivity index (χ0) is 14.3. The monoisotopic (exact) mass is 278 g/mol. The summed E-state index contributed by atoms with van der Waals surface area (Å²) in [5, 5.41) is 9.27. The number of nitrogens with zero attached hydrogens (tertiary/aromatic N) is 3. The maximum atomic E-state index is 11.3. The molecule has 0 spiro atoms. The molecule has 2 aliphatic rings. The SMILES string of the molecule is COc1cc(N)ncc1N1CC2CCC(C1)N2C(=O)O.